The minimum absolute atomic E-state index is 0.228. The van der Waals surface area contributed by atoms with E-state index in [0.717, 1.165) is 8.96 Å². The lowest BCUT2D eigenvalue weighted by Crippen LogP contribution is -2.18. The van der Waals surface area contributed by atoms with Gasteiger partial charge in [-0.15, -0.1) is 0 Å². The third-order valence-electron chi connectivity index (χ3n) is 3.21. The number of carbonyl (C=O) groups excluding carboxylic acids is 1. The van der Waals surface area contributed by atoms with Crippen LogP contribution in [0.2, 0.25) is 0 Å². The molecule has 106 valence electrons. The number of carbonyl (C=O) groups is 1. The van der Waals surface area contributed by atoms with Gasteiger partial charge in [0.1, 0.15) is 17.2 Å². The molecule has 3 nitrogen and oxygen atoms in total. The van der Waals surface area contributed by atoms with Gasteiger partial charge >= 0.3 is 0 Å². The Bertz CT molecular complexity index is 824. The van der Waals surface area contributed by atoms with E-state index in [0.29, 0.717) is 22.5 Å². The number of furan rings is 1. The van der Waals surface area contributed by atoms with Crippen LogP contribution in [0.4, 0.5) is 4.39 Å². The van der Waals surface area contributed by atoms with Crippen LogP contribution in [-0.4, -0.2) is 13.0 Å². The Balaban J connectivity index is 2.30. The Labute approximate surface area is 134 Å². The standard InChI is InChI=1S/C16H11FINO2/c1-19-16(20)14-12-7-6-11(18)8-13(12)21-15(14)9-2-4-10(17)5-3-9/h2-8H,1H3,(H,19,20). The smallest absolute Gasteiger partial charge is 0.255 e. The molecule has 0 saturated carbocycles. The maximum atomic E-state index is 13.1. The molecule has 0 spiro atoms. The van der Waals surface area contributed by atoms with Crippen molar-refractivity contribution in [3.63, 3.8) is 0 Å². The Kier molecular flexibility index (Phi) is 3.67. The molecule has 0 aliphatic carbocycles. The van der Waals surface area contributed by atoms with Gasteiger partial charge < -0.3 is 9.73 Å². The van der Waals surface area contributed by atoms with Crippen molar-refractivity contribution in [3.8, 4) is 11.3 Å². The summed E-state index contributed by atoms with van der Waals surface area (Å²) in [6.45, 7) is 0. The van der Waals surface area contributed by atoms with Gasteiger partial charge in [0.2, 0.25) is 0 Å². The first-order valence-corrected chi connectivity index (χ1v) is 7.38. The van der Waals surface area contributed by atoms with Crippen LogP contribution in [0.15, 0.2) is 46.9 Å². The van der Waals surface area contributed by atoms with Crippen molar-refractivity contribution < 1.29 is 13.6 Å². The zero-order valence-electron chi connectivity index (χ0n) is 11.1. The number of amides is 1. The number of benzene rings is 2. The van der Waals surface area contributed by atoms with Crippen molar-refractivity contribution in [2.24, 2.45) is 0 Å². The zero-order valence-corrected chi connectivity index (χ0v) is 13.3. The highest BCUT2D eigenvalue weighted by Gasteiger charge is 2.21. The van der Waals surface area contributed by atoms with Gasteiger partial charge in [0.25, 0.3) is 5.91 Å². The Morgan fingerprint density at radius 3 is 2.57 bits per heavy atom. The van der Waals surface area contributed by atoms with Crippen LogP contribution in [0.5, 0.6) is 0 Å². The second kappa shape index (κ2) is 5.48. The molecule has 0 saturated heterocycles. The number of fused-ring (bicyclic) bond motifs is 1. The van der Waals surface area contributed by atoms with Crippen molar-refractivity contribution in [2.45, 2.75) is 0 Å². The Morgan fingerprint density at radius 1 is 1.19 bits per heavy atom. The molecule has 0 aliphatic heterocycles. The minimum atomic E-state index is -0.328. The van der Waals surface area contributed by atoms with E-state index in [-0.39, 0.29) is 11.7 Å². The van der Waals surface area contributed by atoms with Crippen LogP contribution >= 0.6 is 22.6 Å². The fourth-order valence-corrected chi connectivity index (χ4v) is 2.69. The number of nitrogens with one attached hydrogen (secondary N) is 1. The lowest BCUT2D eigenvalue weighted by atomic mass is 10.0. The minimum Gasteiger partial charge on any atom is -0.455 e. The van der Waals surface area contributed by atoms with Gasteiger partial charge in [0.15, 0.2) is 0 Å². The molecule has 2 aromatic carbocycles. The van der Waals surface area contributed by atoms with Gasteiger partial charge in [-0.2, -0.15) is 0 Å². The van der Waals surface area contributed by atoms with E-state index in [9.17, 15) is 9.18 Å². The van der Waals surface area contributed by atoms with Crippen LogP contribution in [0, 0.1) is 9.39 Å². The van der Waals surface area contributed by atoms with Crippen LogP contribution < -0.4 is 5.32 Å². The highest BCUT2D eigenvalue weighted by Crippen LogP contribution is 2.34. The molecule has 0 fully saturated rings. The van der Waals surface area contributed by atoms with E-state index in [1.807, 2.05) is 18.2 Å². The average Bonchev–Trinajstić information content (AvgIpc) is 2.85. The van der Waals surface area contributed by atoms with Crippen LogP contribution in [-0.2, 0) is 0 Å². The van der Waals surface area contributed by atoms with Gasteiger partial charge in [0.05, 0.1) is 5.56 Å². The summed E-state index contributed by atoms with van der Waals surface area (Å²) in [5, 5.41) is 3.37. The van der Waals surface area contributed by atoms with Crippen LogP contribution in [0.3, 0.4) is 0 Å². The topological polar surface area (TPSA) is 42.2 Å². The summed E-state index contributed by atoms with van der Waals surface area (Å²) >= 11 is 2.18. The maximum absolute atomic E-state index is 13.1. The van der Waals surface area contributed by atoms with Gasteiger partial charge in [-0.05, 0) is 65.1 Å². The number of hydrogen-bond donors (Lipinski definition) is 1. The SMILES string of the molecule is CNC(=O)c1c(-c2ccc(F)cc2)oc2cc(I)ccc12. The van der Waals surface area contributed by atoms with Crippen molar-refractivity contribution in [2.75, 3.05) is 7.05 Å². The Morgan fingerprint density at radius 2 is 1.90 bits per heavy atom. The maximum Gasteiger partial charge on any atom is 0.255 e. The first kappa shape index (κ1) is 14.1. The van der Waals surface area contributed by atoms with E-state index < -0.39 is 0 Å². The molecule has 5 heteroatoms. The van der Waals surface area contributed by atoms with Gasteiger partial charge in [-0.1, -0.05) is 0 Å². The third kappa shape index (κ3) is 2.53. The molecule has 0 bridgehead atoms. The van der Waals surface area contributed by atoms with Gasteiger partial charge in [-0.3, -0.25) is 4.79 Å². The molecule has 0 unspecified atom stereocenters. The molecule has 1 amide bonds. The summed E-state index contributed by atoms with van der Waals surface area (Å²) in [6.07, 6.45) is 0. The summed E-state index contributed by atoms with van der Waals surface area (Å²) in [5.41, 5.74) is 1.77. The molecule has 0 atom stereocenters. The number of halogens is 2. The quantitative estimate of drug-likeness (QED) is 0.661. The molecule has 1 N–H and O–H groups in total. The number of rotatable bonds is 2. The van der Waals surface area contributed by atoms with Crippen molar-refractivity contribution in [1.29, 1.82) is 0 Å². The predicted molar refractivity (Wildman–Crippen MR) is 87.7 cm³/mol. The fourth-order valence-electron chi connectivity index (χ4n) is 2.23. The van der Waals surface area contributed by atoms with Gasteiger partial charge in [-0.25, -0.2) is 4.39 Å². The molecule has 0 radical (unpaired) electrons. The van der Waals surface area contributed by atoms with E-state index in [2.05, 4.69) is 27.9 Å². The summed E-state index contributed by atoms with van der Waals surface area (Å²) in [7, 11) is 1.57. The lowest BCUT2D eigenvalue weighted by molar-refractivity contribution is 0.0964. The first-order chi connectivity index (χ1) is 10.1. The van der Waals surface area contributed by atoms with Crippen molar-refractivity contribution in [3.05, 3.63) is 57.4 Å². The second-order valence-corrected chi connectivity index (χ2v) is 5.78. The lowest BCUT2D eigenvalue weighted by Gasteiger charge is -2.02. The van der Waals surface area contributed by atoms with E-state index in [1.165, 1.54) is 12.1 Å². The summed E-state index contributed by atoms with van der Waals surface area (Å²) in [6, 6.07) is 11.5. The molecular formula is C16H11FINO2. The molecule has 21 heavy (non-hydrogen) atoms. The summed E-state index contributed by atoms with van der Waals surface area (Å²) in [5.74, 6) is -0.105. The molecule has 1 heterocycles. The van der Waals surface area contributed by atoms with E-state index in [4.69, 9.17) is 4.42 Å². The Hall–Kier alpha value is -1.89. The third-order valence-corrected chi connectivity index (χ3v) is 3.88. The van der Waals surface area contributed by atoms with Crippen LogP contribution in [0.25, 0.3) is 22.3 Å². The van der Waals surface area contributed by atoms with Crippen LogP contribution in [0.1, 0.15) is 10.4 Å². The molecule has 0 aliphatic rings. The second-order valence-electron chi connectivity index (χ2n) is 4.53. The van der Waals surface area contributed by atoms with Gasteiger partial charge in [0, 0.05) is 21.6 Å². The molecular weight excluding hydrogens is 384 g/mol. The number of hydrogen-bond acceptors (Lipinski definition) is 2. The normalized spacial score (nSPS) is 10.8. The largest absolute Gasteiger partial charge is 0.455 e. The predicted octanol–water partition coefficient (Wildman–Crippen LogP) is 4.20. The molecule has 3 aromatic rings. The monoisotopic (exact) mass is 395 g/mol. The highest BCUT2D eigenvalue weighted by molar-refractivity contribution is 14.1. The molecule has 1 aromatic heterocycles. The van der Waals surface area contributed by atoms with Crippen molar-refractivity contribution in [1.82, 2.24) is 5.32 Å². The molecule has 3 rings (SSSR count). The average molecular weight is 395 g/mol. The first-order valence-electron chi connectivity index (χ1n) is 6.30. The van der Waals surface area contributed by atoms with Crippen molar-refractivity contribution >= 4 is 39.5 Å². The fraction of sp³-hybridized carbons (Fsp3) is 0.0625. The van der Waals surface area contributed by atoms with E-state index in [1.54, 1.807) is 19.2 Å². The summed E-state index contributed by atoms with van der Waals surface area (Å²) < 4.78 is 19.9. The zero-order chi connectivity index (χ0) is 15.0. The highest BCUT2D eigenvalue weighted by atomic mass is 127. The summed E-state index contributed by atoms with van der Waals surface area (Å²) in [4.78, 5) is 12.2. The van der Waals surface area contributed by atoms with E-state index >= 15 is 0 Å².